The van der Waals surface area contributed by atoms with Gasteiger partial charge in [0, 0.05) is 10.5 Å². The third-order valence-corrected chi connectivity index (χ3v) is 4.69. The molecule has 29 heavy (non-hydrogen) atoms. The van der Waals surface area contributed by atoms with E-state index in [-0.39, 0.29) is 12.4 Å². The van der Waals surface area contributed by atoms with E-state index >= 15 is 0 Å². The van der Waals surface area contributed by atoms with Gasteiger partial charge in [0.25, 0.3) is 0 Å². The number of carbonyl (C=O) groups excluding carboxylic acids is 2. The number of Topliss-reactive ketones (excluding diaryl/α,β-unsaturated/α-hetero) is 1. The highest BCUT2D eigenvalue weighted by Crippen LogP contribution is 2.38. The van der Waals surface area contributed by atoms with E-state index in [0.717, 1.165) is 7.11 Å². The predicted octanol–water partition coefficient (Wildman–Crippen LogP) is 2.46. The van der Waals surface area contributed by atoms with E-state index in [1.165, 1.54) is 19.2 Å². The molecule has 0 aliphatic carbocycles. The van der Waals surface area contributed by atoms with Gasteiger partial charge < -0.3 is 18.9 Å². The SMILES string of the molecule is COC(=O)C(C(=O)c1ccc(OC)cc1)C(C[N+](=O)[O-])c1ccc2c(c1)OCO2. The molecule has 0 amide bonds. The summed E-state index contributed by atoms with van der Waals surface area (Å²) in [5, 5.41) is 11.3. The number of nitro groups is 1. The largest absolute Gasteiger partial charge is 0.497 e. The number of hydrogen-bond acceptors (Lipinski definition) is 8. The zero-order valence-corrected chi connectivity index (χ0v) is 15.8. The lowest BCUT2D eigenvalue weighted by Crippen LogP contribution is -2.35. The van der Waals surface area contributed by atoms with Crippen molar-refractivity contribution in [1.82, 2.24) is 0 Å². The number of fused-ring (bicyclic) bond motifs is 1. The van der Waals surface area contributed by atoms with Crippen molar-refractivity contribution in [1.29, 1.82) is 0 Å². The molecule has 0 saturated heterocycles. The first-order valence-electron chi connectivity index (χ1n) is 8.72. The van der Waals surface area contributed by atoms with Crippen molar-refractivity contribution in [3.05, 3.63) is 63.7 Å². The quantitative estimate of drug-likeness (QED) is 0.218. The Bertz CT molecular complexity index is 925. The summed E-state index contributed by atoms with van der Waals surface area (Å²) < 4.78 is 20.5. The molecular formula is C20H19NO8. The Morgan fingerprint density at radius 2 is 1.79 bits per heavy atom. The van der Waals surface area contributed by atoms with Gasteiger partial charge >= 0.3 is 5.97 Å². The van der Waals surface area contributed by atoms with Crippen LogP contribution in [-0.2, 0) is 9.53 Å². The molecule has 0 radical (unpaired) electrons. The lowest BCUT2D eigenvalue weighted by Gasteiger charge is -2.22. The molecule has 2 aromatic carbocycles. The molecule has 3 rings (SSSR count). The molecule has 2 atom stereocenters. The van der Waals surface area contributed by atoms with E-state index in [9.17, 15) is 19.7 Å². The van der Waals surface area contributed by atoms with Gasteiger partial charge in [-0.25, -0.2) is 0 Å². The Kier molecular flexibility index (Phi) is 5.96. The molecule has 0 saturated carbocycles. The molecule has 152 valence electrons. The number of methoxy groups -OCH3 is 2. The Morgan fingerprint density at radius 3 is 2.41 bits per heavy atom. The standard InChI is InChI=1S/C20H19NO8/c1-26-14-6-3-12(4-7-14)19(22)18(20(23)27-2)15(10-21(24)25)13-5-8-16-17(9-13)29-11-28-16/h3-9,15,18H,10-11H2,1-2H3. The van der Waals surface area contributed by atoms with Crippen molar-refractivity contribution in [3.8, 4) is 17.2 Å². The van der Waals surface area contributed by atoms with Crippen LogP contribution in [0.25, 0.3) is 0 Å². The van der Waals surface area contributed by atoms with E-state index in [1.807, 2.05) is 0 Å². The third kappa shape index (κ3) is 4.29. The minimum Gasteiger partial charge on any atom is -0.497 e. The Morgan fingerprint density at radius 1 is 1.10 bits per heavy atom. The molecule has 0 spiro atoms. The highest BCUT2D eigenvalue weighted by Gasteiger charge is 2.40. The molecular weight excluding hydrogens is 382 g/mol. The van der Waals surface area contributed by atoms with Crippen LogP contribution in [0.15, 0.2) is 42.5 Å². The second kappa shape index (κ2) is 8.59. The van der Waals surface area contributed by atoms with Gasteiger partial charge in [0.15, 0.2) is 17.3 Å². The minimum atomic E-state index is -1.40. The molecule has 2 aromatic rings. The van der Waals surface area contributed by atoms with Gasteiger partial charge in [0.05, 0.1) is 20.1 Å². The smallest absolute Gasteiger partial charge is 0.317 e. The lowest BCUT2D eigenvalue weighted by molar-refractivity contribution is -0.484. The molecule has 1 heterocycles. The predicted molar refractivity (Wildman–Crippen MR) is 100.0 cm³/mol. The lowest BCUT2D eigenvalue weighted by atomic mass is 9.81. The van der Waals surface area contributed by atoms with Crippen LogP contribution >= 0.6 is 0 Å². The van der Waals surface area contributed by atoms with E-state index in [4.69, 9.17) is 18.9 Å². The molecule has 9 nitrogen and oxygen atoms in total. The van der Waals surface area contributed by atoms with Crippen molar-refractivity contribution in [2.75, 3.05) is 27.6 Å². The maximum absolute atomic E-state index is 13.2. The van der Waals surface area contributed by atoms with Gasteiger partial charge in [-0.15, -0.1) is 0 Å². The Labute approximate surface area is 166 Å². The maximum Gasteiger partial charge on any atom is 0.317 e. The molecule has 1 aliphatic heterocycles. The van der Waals surface area contributed by atoms with Gasteiger partial charge in [-0.2, -0.15) is 0 Å². The fourth-order valence-corrected chi connectivity index (χ4v) is 3.22. The normalized spacial score (nSPS) is 14.0. The van der Waals surface area contributed by atoms with Crippen LogP contribution in [0, 0.1) is 16.0 Å². The van der Waals surface area contributed by atoms with E-state index < -0.39 is 35.1 Å². The zero-order valence-electron chi connectivity index (χ0n) is 15.8. The van der Waals surface area contributed by atoms with Gasteiger partial charge in [-0.1, -0.05) is 6.07 Å². The van der Waals surface area contributed by atoms with Crippen LogP contribution < -0.4 is 14.2 Å². The van der Waals surface area contributed by atoms with Crippen LogP contribution in [0.1, 0.15) is 21.8 Å². The number of ether oxygens (including phenoxy) is 4. The number of carbonyl (C=O) groups is 2. The summed E-state index contributed by atoms with van der Waals surface area (Å²) in [7, 11) is 2.63. The average molecular weight is 401 g/mol. The second-order valence-electron chi connectivity index (χ2n) is 6.33. The van der Waals surface area contributed by atoms with E-state index in [2.05, 4.69) is 0 Å². The average Bonchev–Trinajstić information content (AvgIpc) is 3.20. The van der Waals surface area contributed by atoms with Crippen molar-refractivity contribution < 1.29 is 33.5 Å². The molecule has 1 aliphatic rings. The number of rotatable bonds is 8. The molecule has 9 heteroatoms. The number of nitrogens with zero attached hydrogens (tertiary/aromatic N) is 1. The van der Waals surface area contributed by atoms with Crippen LogP contribution in [-0.4, -0.2) is 44.2 Å². The molecule has 2 unspecified atom stereocenters. The van der Waals surface area contributed by atoms with Gasteiger partial charge in [0.1, 0.15) is 11.7 Å². The summed E-state index contributed by atoms with van der Waals surface area (Å²) in [5.41, 5.74) is 0.624. The highest BCUT2D eigenvalue weighted by molar-refractivity contribution is 6.09. The van der Waals surface area contributed by atoms with Crippen molar-refractivity contribution in [2.24, 2.45) is 5.92 Å². The summed E-state index contributed by atoms with van der Waals surface area (Å²) in [5.74, 6) is -2.46. The second-order valence-corrected chi connectivity index (χ2v) is 6.33. The fraction of sp³-hybridized carbons (Fsp3) is 0.300. The maximum atomic E-state index is 13.2. The molecule has 0 fully saturated rings. The third-order valence-electron chi connectivity index (χ3n) is 4.69. The van der Waals surface area contributed by atoms with Crippen LogP contribution in [0.3, 0.4) is 0 Å². The highest BCUT2D eigenvalue weighted by atomic mass is 16.7. The fourth-order valence-electron chi connectivity index (χ4n) is 3.22. The summed E-state index contributed by atoms with van der Waals surface area (Å²) >= 11 is 0. The summed E-state index contributed by atoms with van der Waals surface area (Å²) in [4.78, 5) is 36.5. The first kappa shape index (κ1) is 20.1. The number of ketones is 1. The Balaban J connectivity index is 2.02. The number of esters is 1. The number of hydrogen-bond donors (Lipinski definition) is 0. The first-order valence-corrected chi connectivity index (χ1v) is 8.72. The summed E-state index contributed by atoms with van der Waals surface area (Å²) in [6, 6.07) is 10.9. The topological polar surface area (TPSA) is 114 Å². The summed E-state index contributed by atoms with van der Waals surface area (Å²) in [6.45, 7) is -0.606. The molecule has 0 N–H and O–H groups in total. The molecule has 0 bridgehead atoms. The van der Waals surface area contributed by atoms with Crippen LogP contribution in [0.4, 0.5) is 0 Å². The van der Waals surface area contributed by atoms with Crippen LogP contribution in [0.5, 0.6) is 17.2 Å². The summed E-state index contributed by atoms with van der Waals surface area (Å²) in [6.07, 6.45) is 0. The first-order chi connectivity index (χ1) is 13.9. The number of benzene rings is 2. The minimum absolute atomic E-state index is 0.0316. The van der Waals surface area contributed by atoms with Crippen molar-refractivity contribution in [2.45, 2.75) is 5.92 Å². The molecule has 0 aromatic heterocycles. The van der Waals surface area contributed by atoms with Crippen molar-refractivity contribution in [3.63, 3.8) is 0 Å². The van der Waals surface area contributed by atoms with E-state index in [0.29, 0.717) is 22.8 Å². The van der Waals surface area contributed by atoms with Gasteiger partial charge in [-0.05, 0) is 42.0 Å². The zero-order chi connectivity index (χ0) is 21.0. The monoisotopic (exact) mass is 401 g/mol. The van der Waals surface area contributed by atoms with Crippen molar-refractivity contribution >= 4 is 11.8 Å². The van der Waals surface area contributed by atoms with Gasteiger partial charge in [-0.3, -0.25) is 19.7 Å². The van der Waals surface area contributed by atoms with Gasteiger partial charge in [0.2, 0.25) is 13.3 Å². The Hall–Kier alpha value is -3.62. The van der Waals surface area contributed by atoms with E-state index in [1.54, 1.807) is 30.3 Å². The van der Waals surface area contributed by atoms with Crippen LogP contribution in [0.2, 0.25) is 0 Å².